The van der Waals surface area contributed by atoms with Gasteiger partial charge in [0.05, 0.1) is 12.1 Å². The molecule has 1 aliphatic heterocycles. The highest BCUT2D eigenvalue weighted by Crippen LogP contribution is 2.07. The number of hydrogen-bond acceptors (Lipinski definition) is 3. The maximum Gasteiger partial charge on any atom is 0.0952 e. The Hall–Kier alpha value is -0.590. The van der Waals surface area contributed by atoms with Crippen LogP contribution in [0.25, 0.3) is 0 Å². The lowest BCUT2D eigenvalue weighted by Gasteiger charge is -2.25. The Bertz CT molecular complexity index is 158. The molecule has 1 atom stereocenters. The molecule has 68 valence electrons. The minimum atomic E-state index is 0.0214. The molecule has 1 rings (SSSR count). The summed E-state index contributed by atoms with van der Waals surface area (Å²) in [5, 5.41) is 12.0. The van der Waals surface area contributed by atoms with E-state index < -0.39 is 0 Å². The monoisotopic (exact) mass is 168 g/mol. The first-order valence-corrected chi connectivity index (χ1v) is 4.60. The van der Waals surface area contributed by atoms with Crippen molar-refractivity contribution in [3.8, 4) is 6.07 Å². The van der Waals surface area contributed by atoms with E-state index in [1.54, 1.807) is 0 Å². The zero-order valence-electron chi connectivity index (χ0n) is 7.55. The Kier molecular flexibility index (Phi) is 4.06. The fourth-order valence-corrected chi connectivity index (χ4v) is 1.40. The minimum Gasteiger partial charge on any atom is -0.381 e. The summed E-state index contributed by atoms with van der Waals surface area (Å²) in [6, 6.07) is 2.76. The molecule has 3 nitrogen and oxygen atoms in total. The predicted molar refractivity (Wildman–Crippen MR) is 46.7 cm³/mol. The molecule has 0 spiro atoms. The quantitative estimate of drug-likeness (QED) is 0.685. The molecule has 0 amide bonds. The Morgan fingerprint density at radius 2 is 2.25 bits per heavy atom. The van der Waals surface area contributed by atoms with Gasteiger partial charge in [-0.25, -0.2) is 0 Å². The summed E-state index contributed by atoms with van der Waals surface area (Å²) in [5.41, 5.74) is 0. The van der Waals surface area contributed by atoms with Crippen LogP contribution in [-0.2, 0) is 4.74 Å². The zero-order chi connectivity index (χ0) is 8.81. The van der Waals surface area contributed by atoms with E-state index in [1.807, 2.05) is 6.92 Å². The number of nitrogens with one attached hydrogen (secondary N) is 1. The molecule has 0 radical (unpaired) electrons. The van der Waals surface area contributed by atoms with Crippen LogP contribution in [0.4, 0.5) is 0 Å². The molecule has 0 aromatic rings. The van der Waals surface area contributed by atoms with Crippen molar-refractivity contribution in [2.75, 3.05) is 13.2 Å². The number of nitrogens with zero attached hydrogens (tertiary/aromatic N) is 1. The molecule has 1 unspecified atom stereocenters. The summed E-state index contributed by atoms with van der Waals surface area (Å²) in [5.74, 6) is 0. The second-order valence-electron chi connectivity index (χ2n) is 3.14. The van der Waals surface area contributed by atoms with E-state index in [0.29, 0.717) is 6.04 Å². The lowest BCUT2D eigenvalue weighted by atomic mass is 10.1. The average Bonchev–Trinajstić information content (AvgIpc) is 2.16. The van der Waals surface area contributed by atoms with Crippen LogP contribution in [-0.4, -0.2) is 25.3 Å². The lowest BCUT2D eigenvalue weighted by molar-refractivity contribution is 0.0764. The summed E-state index contributed by atoms with van der Waals surface area (Å²) in [6.07, 6.45) is 2.96. The summed E-state index contributed by atoms with van der Waals surface area (Å²) in [7, 11) is 0. The van der Waals surface area contributed by atoms with Crippen LogP contribution < -0.4 is 5.32 Å². The van der Waals surface area contributed by atoms with Gasteiger partial charge in [0.1, 0.15) is 0 Å². The molecule has 0 aliphatic carbocycles. The second kappa shape index (κ2) is 5.13. The maximum absolute atomic E-state index is 8.71. The molecular weight excluding hydrogens is 152 g/mol. The van der Waals surface area contributed by atoms with E-state index in [2.05, 4.69) is 11.4 Å². The van der Waals surface area contributed by atoms with E-state index in [9.17, 15) is 0 Å². The van der Waals surface area contributed by atoms with E-state index in [0.717, 1.165) is 32.5 Å². The highest BCUT2D eigenvalue weighted by molar-refractivity contribution is 4.91. The molecule has 1 heterocycles. The summed E-state index contributed by atoms with van der Waals surface area (Å²) in [4.78, 5) is 0. The lowest BCUT2D eigenvalue weighted by Crippen LogP contribution is -2.40. The predicted octanol–water partition coefficient (Wildman–Crippen LogP) is 1.06. The van der Waals surface area contributed by atoms with Crippen LogP contribution in [0.3, 0.4) is 0 Å². The van der Waals surface area contributed by atoms with E-state index in [-0.39, 0.29) is 6.04 Å². The normalized spacial score (nSPS) is 21.7. The van der Waals surface area contributed by atoms with Crippen molar-refractivity contribution in [2.24, 2.45) is 0 Å². The van der Waals surface area contributed by atoms with E-state index in [4.69, 9.17) is 10.00 Å². The average molecular weight is 168 g/mol. The first-order valence-electron chi connectivity index (χ1n) is 4.60. The van der Waals surface area contributed by atoms with Gasteiger partial charge in [-0.1, -0.05) is 6.92 Å². The Labute approximate surface area is 73.7 Å². The Morgan fingerprint density at radius 3 is 2.75 bits per heavy atom. The van der Waals surface area contributed by atoms with Gasteiger partial charge in [0.2, 0.25) is 0 Å². The van der Waals surface area contributed by atoms with Crippen molar-refractivity contribution in [1.82, 2.24) is 5.32 Å². The van der Waals surface area contributed by atoms with Gasteiger partial charge in [0.15, 0.2) is 0 Å². The summed E-state index contributed by atoms with van der Waals surface area (Å²) < 4.78 is 5.23. The summed E-state index contributed by atoms with van der Waals surface area (Å²) >= 11 is 0. The molecule has 0 saturated carbocycles. The number of hydrogen-bond donors (Lipinski definition) is 1. The fraction of sp³-hybridized carbons (Fsp3) is 0.889. The molecule has 3 heteroatoms. The topological polar surface area (TPSA) is 45.0 Å². The number of rotatable bonds is 3. The van der Waals surface area contributed by atoms with Crippen molar-refractivity contribution >= 4 is 0 Å². The molecular formula is C9H16N2O. The molecule has 1 saturated heterocycles. The SMILES string of the molecule is CCC(C#N)NC1CCOCC1. The highest BCUT2D eigenvalue weighted by Gasteiger charge is 2.16. The molecule has 1 N–H and O–H groups in total. The third kappa shape index (κ3) is 2.80. The van der Waals surface area contributed by atoms with Gasteiger partial charge in [-0.3, -0.25) is 5.32 Å². The first-order chi connectivity index (χ1) is 5.86. The molecule has 1 fully saturated rings. The van der Waals surface area contributed by atoms with Crippen LogP contribution in [0, 0.1) is 11.3 Å². The highest BCUT2D eigenvalue weighted by atomic mass is 16.5. The minimum absolute atomic E-state index is 0.0214. The third-order valence-corrected chi connectivity index (χ3v) is 2.22. The van der Waals surface area contributed by atoms with Gasteiger partial charge >= 0.3 is 0 Å². The molecule has 0 aromatic heterocycles. The van der Waals surface area contributed by atoms with Gasteiger partial charge in [-0.15, -0.1) is 0 Å². The Balaban J connectivity index is 2.24. The molecule has 12 heavy (non-hydrogen) atoms. The molecule has 0 bridgehead atoms. The second-order valence-corrected chi connectivity index (χ2v) is 3.14. The van der Waals surface area contributed by atoms with Gasteiger partial charge in [0.25, 0.3) is 0 Å². The maximum atomic E-state index is 8.71. The van der Waals surface area contributed by atoms with Crippen LogP contribution in [0.15, 0.2) is 0 Å². The van der Waals surface area contributed by atoms with E-state index in [1.165, 1.54) is 0 Å². The largest absolute Gasteiger partial charge is 0.381 e. The standard InChI is InChI=1S/C9H16N2O/c1-2-8(7-10)11-9-3-5-12-6-4-9/h8-9,11H,2-6H2,1H3. The van der Waals surface area contributed by atoms with Crippen molar-refractivity contribution in [3.63, 3.8) is 0 Å². The van der Waals surface area contributed by atoms with Gasteiger partial charge in [-0.2, -0.15) is 5.26 Å². The third-order valence-electron chi connectivity index (χ3n) is 2.22. The van der Waals surface area contributed by atoms with Crippen LogP contribution in [0.1, 0.15) is 26.2 Å². The van der Waals surface area contributed by atoms with Crippen molar-refractivity contribution in [2.45, 2.75) is 38.3 Å². The van der Waals surface area contributed by atoms with Crippen LogP contribution in [0.2, 0.25) is 0 Å². The summed E-state index contributed by atoms with van der Waals surface area (Å²) in [6.45, 7) is 3.69. The van der Waals surface area contributed by atoms with Crippen molar-refractivity contribution in [1.29, 1.82) is 5.26 Å². The van der Waals surface area contributed by atoms with Gasteiger partial charge < -0.3 is 4.74 Å². The van der Waals surface area contributed by atoms with Crippen molar-refractivity contribution in [3.05, 3.63) is 0 Å². The van der Waals surface area contributed by atoms with E-state index >= 15 is 0 Å². The van der Waals surface area contributed by atoms with Crippen LogP contribution in [0.5, 0.6) is 0 Å². The molecule has 0 aromatic carbocycles. The smallest absolute Gasteiger partial charge is 0.0952 e. The molecule has 1 aliphatic rings. The Morgan fingerprint density at radius 1 is 1.58 bits per heavy atom. The van der Waals surface area contributed by atoms with Crippen molar-refractivity contribution < 1.29 is 4.74 Å². The number of ether oxygens (including phenoxy) is 1. The number of nitriles is 1. The van der Waals surface area contributed by atoms with Crippen LogP contribution >= 0.6 is 0 Å². The van der Waals surface area contributed by atoms with Gasteiger partial charge in [-0.05, 0) is 19.3 Å². The van der Waals surface area contributed by atoms with Gasteiger partial charge in [0, 0.05) is 19.3 Å². The first kappa shape index (κ1) is 9.50. The zero-order valence-corrected chi connectivity index (χ0v) is 7.55. The fourth-order valence-electron chi connectivity index (χ4n) is 1.40.